The average Bonchev–Trinajstić information content (AvgIpc) is 3.50. The Labute approximate surface area is 215 Å². The van der Waals surface area contributed by atoms with E-state index in [-0.39, 0.29) is 25.0 Å². The molecule has 0 atom stereocenters. The number of carbonyl (C=O) groups excluding carboxylic acids is 3. The molecule has 0 spiro atoms. The fourth-order valence-corrected chi connectivity index (χ4v) is 6.97. The number of amides is 3. The van der Waals surface area contributed by atoms with Crippen LogP contribution in [0.5, 0.6) is 11.5 Å². The van der Waals surface area contributed by atoms with Gasteiger partial charge in [-0.1, -0.05) is 30.0 Å². The van der Waals surface area contributed by atoms with Crippen molar-refractivity contribution in [3.63, 3.8) is 0 Å². The van der Waals surface area contributed by atoms with Gasteiger partial charge in [0.05, 0.1) is 10.5 Å². The van der Waals surface area contributed by atoms with Crippen LogP contribution in [0.3, 0.4) is 0 Å². The van der Waals surface area contributed by atoms with E-state index in [1.54, 1.807) is 12.1 Å². The number of primary amides is 1. The third-order valence-corrected chi connectivity index (χ3v) is 8.61. The fraction of sp³-hybridized carbons (Fsp3) is 0.333. The highest BCUT2D eigenvalue weighted by Crippen LogP contribution is 2.38. The highest BCUT2D eigenvalue weighted by atomic mass is 32.2. The summed E-state index contributed by atoms with van der Waals surface area (Å²) in [6.07, 6.45) is 6.22. The molecule has 8 nitrogen and oxygen atoms in total. The SMILES string of the molecule is NC(=O)c1c(NC(=O)CCCN2C(=O)C(=Cc3ccc4c(c3)OCO4)SC2=S)sc2c1CCCC2. The number of nitrogens with two attached hydrogens (primary N) is 1. The van der Waals surface area contributed by atoms with E-state index in [0.29, 0.717) is 44.3 Å². The van der Waals surface area contributed by atoms with Gasteiger partial charge >= 0.3 is 0 Å². The molecular formula is C24H23N3O5S3. The van der Waals surface area contributed by atoms with Crippen molar-refractivity contribution in [1.82, 2.24) is 4.90 Å². The number of hydrogen-bond acceptors (Lipinski definition) is 8. The van der Waals surface area contributed by atoms with E-state index in [0.717, 1.165) is 41.7 Å². The summed E-state index contributed by atoms with van der Waals surface area (Å²) in [5.41, 5.74) is 7.85. The Balaban J connectivity index is 1.18. The number of carbonyl (C=O) groups is 3. The first-order valence-corrected chi connectivity index (χ1v) is 13.3. The van der Waals surface area contributed by atoms with Crippen molar-refractivity contribution in [3.8, 4) is 11.5 Å². The lowest BCUT2D eigenvalue weighted by Gasteiger charge is -2.14. The molecule has 1 saturated heterocycles. The highest BCUT2D eigenvalue weighted by molar-refractivity contribution is 8.26. The van der Waals surface area contributed by atoms with Crippen LogP contribution in [0.4, 0.5) is 5.00 Å². The molecule has 2 aromatic rings. The minimum absolute atomic E-state index is 0.181. The van der Waals surface area contributed by atoms with Crippen molar-refractivity contribution in [2.24, 2.45) is 5.73 Å². The number of fused-ring (bicyclic) bond motifs is 2. The van der Waals surface area contributed by atoms with E-state index in [2.05, 4.69) is 5.32 Å². The first-order valence-electron chi connectivity index (χ1n) is 11.3. The fourth-order valence-electron chi connectivity index (χ4n) is 4.35. The Morgan fingerprint density at radius 1 is 1.20 bits per heavy atom. The average molecular weight is 530 g/mol. The summed E-state index contributed by atoms with van der Waals surface area (Å²) in [5.74, 6) is 0.420. The third kappa shape index (κ3) is 4.93. The summed E-state index contributed by atoms with van der Waals surface area (Å²) in [6.45, 7) is 0.521. The Morgan fingerprint density at radius 2 is 2.00 bits per heavy atom. The molecule has 3 aliphatic rings. The number of thiocarbonyl (C=S) groups is 1. The van der Waals surface area contributed by atoms with Crippen LogP contribution in [-0.4, -0.2) is 40.3 Å². The third-order valence-electron chi connectivity index (χ3n) is 6.02. The molecule has 1 aromatic carbocycles. The van der Waals surface area contributed by atoms with Crippen LogP contribution in [-0.2, 0) is 22.4 Å². The summed E-state index contributed by atoms with van der Waals surface area (Å²) in [4.78, 5) is 40.7. The van der Waals surface area contributed by atoms with Crippen molar-refractivity contribution in [3.05, 3.63) is 44.7 Å². The van der Waals surface area contributed by atoms with Crippen molar-refractivity contribution < 1.29 is 23.9 Å². The topological polar surface area (TPSA) is 111 Å². The monoisotopic (exact) mass is 529 g/mol. The first-order chi connectivity index (χ1) is 16.9. The van der Waals surface area contributed by atoms with Gasteiger partial charge in [0, 0.05) is 17.8 Å². The molecule has 2 aliphatic heterocycles. The molecule has 3 heterocycles. The molecule has 0 bridgehead atoms. The van der Waals surface area contributed by atoms with Crippen LogP contribution >= 0.6 is 35.3 Å². The number of hydrogen-bond donors (Lipinski definition) is 2. The smallest absolute Gasteiger partial charge is 0.266 e. The normalized spacial score (nSPS) is 17.7. The maximum absolute atomic E-state index is 12.9. The summed E-state index contributed by atoms with van der Waals surface area (Å²) in [5, 5.41) is 3.40. The second kappa shape index (κ2) is 10.00. The van der Waals surface area contributed by atoms with Crippen LogP contribution in [0, 0.1) is 0 Å². The van der Waals surface area contributed by atoms with E-state index in [9.17, 15) is 14.4 Å². The van der Waals surface area contributed by atoms with Crippen molar-refractivity contribution in [1.29, 1.82) is 0 Å². The Morgan fingerprint density at radius 3 is 2.83 bits per heavy atom. The summed E-state index contributed by atoms with van der Waals surface area (Å²) < 4.78 is 11.2. The molecule has 1 aliphatic carbocycles. The number of nitrogens with zero attached hydrogens (tertiary/aromatic N) is 1. The number of thiophene rings is 1. The number of aryl methyl sites for hydroxylation is 1. The molecular weight excluding hydrogens is 506 g/mol. The number of rotatable bonds is 7. The lowest BCUT2D eigenvalue weighted by molar-refractivity contribution is -0.122. The highest BCUT2D eigenvalue weighted by Gasteiger charge is 2.32. The zero-order valence-corrected chi connectivity index (χ0v) is 21.2. The van der Waals surface area contributed by atoms with Crippen molar-refractivity contribution in [2.45, 2.75) is 38.5 Å². The first kappa shape index (κ1) is 23.8. The van der Waals surface area contributed by atoms with Gasteiger partial charge in [0.25, 0.3) is 11.8 Å². The van der Waals surface area contributed by atoms with Gasteiger partial charge in [0.15, 0.2) is 11.5 Å². The number of anilines is 1. The van der Waals surface area contributed by atoms with Gasteiger partial charge in [-0.2, -0.15) is 0 Å². The molecule has 35 heavy (non-hydrogen) atoms. The van der Waals surface area contributed by atoms with Crippen LogP contribution in [0.25, 0.3) is 6.08 Å². The second-order valence-electron chi connectivity index (χ2n) is 8.38. The lowest BCUT2D eigenvalue weighted by Crippen LogP contribution is -2.29. The Bertz CT molecular complexity index is 1270. The molecule has 0 unspecified atom stereocenters. The zero-order chi connectivity index (χ0) is 24.5. The predicted octanol–water partition coefficient (Wildman–Crippen LogP) is 4.07. The van der Waals surface area contributed by atoms with Gasteiger partial charge in [0.2, 0.25) is 12.7 Å². The van der Waals surface area contributed by atoms with Crippen LogP contribution < -0.4 is 20.5 Å². The van der Waals surface area contributed by atoms with Crippen LogP contribution in [0.1, 0.15) is 52.0 Å². The van der Waals surface area contributed by atoms with Gasteiger partial charge in [-0.05, 0) is 61.4 Å². The number of benzene rings is 1. The molecule has 1 aromatic heterocycles. The van der Waals surface area contributed by atoms with E-state index in [1.165, 1.54) is 28.0 Å². The molecule has 0 radical (unpaired) electrons. The molecule has 182 valence electrons. The maximum atomic E-state index is 12.9. The van der Waals surface area contributed by atoms with E-state index >= 15 is 0 Å². The predicted molar refractivity (Wildman–Crippen MR) is 140 cm³/mol. The van der Waals surface area contributed by atoms with Gasteiger partial charge in [0.1, 0.15) is 9.32 Å². The van der Waals surface area contributed by atoms with Crippen molar-refractivity contribution in [2.75, 3.05) is 18.7 Å². The molecule has 11 heteroatoms. The number of ether oxygens (including phenoxy) is 2. The van der Waals surface area contributed by atoms with E-state index in [1.807, 2.05) is 12.1 Å². The maximum Gasteiger partial charge on any atom is 0.266 e. The quantitative estimate of drug-likeness (QED) is 0.411. The largest absolute Gasteiger partial charge is 0.454 e. The molecule has 1 fully saturated rings. The van der Waals surface area contributed by atoms with Gasteiger partial charge < -0.3 is 20.5 Å². The van der Waals surface area contributed by atoms with E-state index in [4.69, 9.17) is 27.4 Å². The van der Waals surface area contributed by atoms with Crippen LogP contribution in [0.15, 0.2) is 23.1 Å². The molecule has 5 rings (SSSR count). The Kier molecular flexibility index (Phi) is 6.81. The molecule has 0 saturated carbocycles. The van der Waals surface area contributed by atoms with Gasteiger partial charge in [-0.25, -0.2) is 0 Å². The molecule has 3 amide bonds. The standard InChI is InChI=1S/C24H23N3O5S3/c25-21(29)20-14-4-1-2-5-17(14)34-22(20)26-19(28)6-3-9-27-23(30)18(35-24(27)33)11-13-7-8-15-16(10-13)32-12-31-15/h7-8,10-11H,1-6,9,12H2,(H2,25,29)(H,26,28). The molecule has 3 N–H and O–H groups in total. The Hall–Kier alpha value is -2.89. The summed E-state index contributed by atoms with van der Waals surface area (Å²) >= 11 is 8.08. The van der Waals surface area contributed by atoms with E-state index < -0.39 is 5.91 Å². The van der Waals surface area contributed by atoms with Crippen molar-refractivity contribution >= 4 is 68.4 Å². The van der Waals surface area contributed by atoms with Crippen LogP contribution in [0.2, 0.25) is 0 Å². The van der Waals surface area contributed by atoms with Gasteiger partial charge in [-0.3, -0.25) is 19.3 Å². The lowest BCUT2D eigenvalue weighted by atomic mass is 9.95. The minimum Gasteiger partial charge on any atom is -0.454 e. The summed E-state index contributed by atoms with van der Waals surface area (Å²) in [6, 6.07) is 5.48. The summed E-state index contributed by atoms with van der Waals surface area (Å²) in [7, 11) is 0. The number of thioether (sulfide) groups is 1. The number of nitrogens with one attached hydrogen (secondary N) is 1. The zero-order valence-electron chi connectivity index (χ0n) is 18.8. The second-order valence-corrected chi connectivity index (χ2v) is 11.2. The van der Waals surface area contributed by atoms with Gasteiger partial charge in [-0.15, -0.1) is 11.3 Å². The minimum atomic E-state index is -0.508.